The van der Waals surface area contributed by atoms with Crippen molar-refractivity contribution in [2.75, 3.05) is 0 Å². The van der Waals surface area contributed by atoms with E-state index >= 15 is 0 Å². The number of aryl methyl sites for hydroxylation is 2. The maximum Gasteiger partial charge on any atom is 0.262 e. The molecular formula is C22H25N3O2S. The summed E-state index contributed by atoms with van der Waals surface area (Å²) in [7, 11) is 0. The Balaban J connectivity index is 1.70. The predicted molar refractivity (Wildman–Crippen MR) is 114 cm³/mol. The molecule has 4 rings (SSSR count). The van der Waals surface area contributed by atoms with Gasteiger partial charge in [-0.05, 0) is 50.7 Å². The number of rotatable bonds is 5. The van der Waals surface area contributed by atoms with Gasteiger partial charge in [0.25, 0.3) is 5.56 Å². The lowest BCUT2D eigenvalue weighted by Crippen LogP contribution is -2.25. The van der Waals surface area contributed by atoms with Gasteiger partial charge >= 0.3 is 0 Å². The molecular weight excluding hydrogens is 370 g/mol. The maximum absolute atomic E-state index is 13.1. The predicted octanol–water partition coefficient (Wildman–Crippen LogP) is 4.07. The van der Waals surface area contributed by atoms with E-state index in [9.17, 15) is 9.59 Å². The number of fused-ring (bicyclic) bond motifs is 3. The van der Waals surface area contributed by atoms with Crippen LogP contribution in [0.2, 0.25) is 0 Å². The fourth-order valence-electron chi connectivity index (χ4n) is 4.21. The van der Waals surface area contributed by atoms with E-state index in [-0.39, 0.29) is 17.9 Å². The molecule has 0 bridgehead atoms. The van der Waals surface area contributed by atoms with Crippen molar-refractivity contribution in [1.29, 1.82) is 0 Å². The van der Waals surface area contributed by atoms with Crippen LogP contribution in [0.1, 0.15) is 45.5 Å². The van der Waals surface area contributed by atoms with Crippen LogP contribution in [0.25, 0.3) is 10.2 Å². The summed E-state index contributed by atoms with van der Waals surface area (Å²) in [6, 6.07) is 1.89. The first-order chi connectivity index (χ1) is 13.4. The Morgan fingerprint density at radius 3 is 2.96 bits per heavy atom. The summed E-state index contributed by atoms with van der Waals surface area (Å²) >= 11 is 1.63. The zero-order chi connectivity index (χ0) is 20.0. The Bertz CT molecular complexity index is 1150. The third-order valence-electron chi connectivity index (χ3n) is 5.78. The number of aromatic nitrogens is 3. The monoisotopic (exact) mass is 395 g/mol. The van der Waals surface area contributed by atoms with Gasteiger partial charge in [-0.3, -0.25) is 14.2 Å². The van der Waals surface area contributed by atoms with Crippen LogP contribution in [0.15, 0.2) is 29.8 Å². The van der Waals surface area contributed by atoms with E-state index in [1.54, 1.807) is 11.3 Å². The van der Waals surface area contributed by atoms with Gasteiger partial charge in [0.05, 0.1) is 18.3 Å². The molecule has 0 unspecified atom stereocenters. The zero-order valence-corrected chi connectivity index (χ0v) is 17.4. The SMILES string of the molecule is C=CCn1c(C)cc(C(=O)Cn2cnc3sc4c(c3c2=O)CC[C@@H](C)C4)c1C. The Morgan fingerprint density at radius 2 is 2.21 bits per heavy atom. The van der Waals surface area contributed by atoms with Gasteiger partial charge in [0, 0.05) is 28.4 Å². The number of hydrogen-bond donors (Lipinski definition) is 0. The average Bonchev–Trinajstić information content (AvgIpc) is 3.16. The van der Waals surface area contributed by atoms with E-state index in [0.717, 1.165) is 46.4 Å². The number of hydrogen-bond acceptors (Lipinski definition) is 4. The third kappa shape index (κ3) is 3.05. The number of nitrogens with zero attached hydrogens (tertiary/aromatic N) is 3. The fourth-order valence-corrected chi connectivity index (χ4v) is 5.55. The molecule has 3 aromatic rings. The molecule has 146 valence electrons. The van der Waals surface area contributed by atoms with Crippen molar-refractivity contribution >= 4 is 27.3 Å². The molecule has 0 saturated heterocycles. The maximum atomic E-state index is 13.1. The van der Waals surface area contributed by atoms with Crippen molar-refractivity contribution in [2.45, 2.75) is 53.1 Å². The van der Waals surface area contributed by atoms with E-state index in [2.05, 4.69) is 23.1 Å². The van der Waals surface area contributed by atoms with Crippen LogP contribution in [0.3, 0.4) is 0 Å². The second kappa shape index (κ2) is 7.17. The highest BCUT2D eigenvalue weighted by Gasteiger charge is 2.24. The smallest absolute Gasteiger partial charge is 0.262 e. The molecule has 0 radical (unpaired) electrons. The lowest BCUT2D eigenvalue weighted by Gasteiger charge is -2.17. The molecule has 0 aromatic carbocycles. The van der Waals surface area contributed by atoms with E-state index < -0.39 is 0 Å². The molecule has 0 N–H and O–H groups in total. The minimum atomic E-state index is -0.0923. The molecule has 0 spiro atoms. The normalized spacial score (nSPS) is 16.3. The first-order valence-corrected chi connectivity index (χ1v) is 10.5. The first kappa shape index (κ1) is 18.9. The molecule has 0 saturated carbocycles. The Labute approximate surface area is 168 Å². The summed E-state index contributed by atoms with van der Waals surface area (Å²) in [5.74, 6) is 0.583. The van der Waals surface area contributed by atoms with Crippen LogP contribution in [-0.2, 0) is 25.9 Å². The van der Waals surface area contributed by atoms with E-state index in [0.29, 0.717) is 18.0 Å². The number of ketones is 1. The van der Waals surface area contributed by atoms with Gasteiger partial charge in [0.1, 0.15) is 4.83 Å². The summed E-state index contributed by atoms with van der Waals surface area (Å²) in [5.41, 5.74) is 3.65. The molecule has 5 nitrogen and oxygen atoms in total. The second-order valence-electron chi connectivity index (χ2n) is 7.82. The molecule has 1 atom stereocenters. The largest absolute Gasteiger partial charge is 0.345 e. The molecule has 0 fully saturated rings. The lowest BCUT2D eigenvalue weighted by molar-refractivity contribution is 0.0970. The van der Waals surface area contributed by atoms with E-state index in [1.807, 2.05) is 26.0 Å². The number of thiophene rings is 1. The van der Waals surface area contributed by atoms with Crippen LogP contribution in [-0.4, -0.2) is 19.9 Å². The van der Waals surface area contributed by atoms with E-state index in [1.165, 1.54) is 15.8 Å². The van der Waals surface area contributed by atoms with Crippen LogP contribution >= 0.6 is 11.3 Å². The van der Waals surface area contributed by atoms with Crippen molar-refractivity contribution in [3.63, 3.8) is 0 Å². The number of allylic oxidation sites excluding steroid dienone is 1. The number of carbonyl (C=O) groups excluding carboxylic acids is 1. The summed E-state index contributed by atoms with van der Waals surface area (Å²) in [5, 5.41) is 0.722. The van der Waals surface area contributed by atoms with Crippen molar-refractivity contribution in [2.24, 2.45) is 5.92 Å². The quantitative estimate of drug-likeness (QED) is 0.483. The number of Topliss-reactive ketones (excluding diaryl/α,β-unsaturated/α-hetero) is 1. The van der Waals surface area contributed by atoms with Crippen molar-refractivity contribution in [3.8, 4) is 0 Å². The van der Waals surface area contributed by atoms with Gasteiger partial charge in [-0.2, -0.15) is 0 Å². The third-order valence-corrected chi connectivity index (χ3v) is 6.94. The standard InChI is InChI=1S/C22H25N3O2S/c1-5-8-25-14(3)10-17(15(25)4)18(26)11-24-12-23-21-20(22(24)27)16-7-6-13(2)9-19(16)28-21/h5,10,12-13H,1,6-9,11H2,2-4H3/t13-/m1/s1. The molecule has 6 heteroatoms. The summed E-state index contributed by atoms with van der Waals surface area (Å²) in [4.78, 5) is 32.7. The number of carbonyl (C=O) groups is 1. The molecule has 3 heterocycles. The van der Waals surface area contributed by atoms with Crippen LogP contribution in [0.4, 0.5) is 0 Å². The van der Waals surface area contributed by atoms with Crippen molar-refractivity contribution in [1.82, 2.24) is 14.1 Å². The zero-order valence-electron chi connectivity index (χ0n) is 16.6. The Morgan fingerprint density at radius 1 is 1.43 bits per heavy atom. The summed E-state index contributed by atoms with van der Waals surface area (Å²) in [6.45, 7) is 10.6. The fraction of sp³-hybridized carbons (Fsp3) is 0.409. The highest BCUT2D eigenvalue weighted by Crippen LogP contribution is 2.35. The molecule has 1 aliphatic carbocycles. The van der Waals surface area contributed by atoms with Crippen molar-refractivity contribution in [3.05, 3.63) is 62.8 Å². The van der Waals surface area contributed by atoms with Crippen LogP contribution in [0.5, 0.6) is 0 Å². The highest BCUT2D eigenvalue weighted by atomic mass is 32.1. The molecule has 0 aliphatic heterocycles. The van der Waals surface area contributed by atoms with Crippen molar-refractivity contribution < 1.29 is 4.79 Å². The van der Waals surface area contributed by atoms with Gasteiger partial charge in [-0.25, -0.2) is 4.98 Å². The molecule has 3 aromatic heterocycles. The van der Waals surface area contributed by atoms with Gasteiger partial charge in [0.2, 0.25) is 0 Å². The molecule has 0 amide bonds. The highest BCUT2D eigenvalue weighted by molar-refractivity contribution is 7.18. The second-order valence-corrected chi connectivity index (χ2v) is 8.90. The molecule has 28 heavy (non-hydrogen) atoms. The average molecular weight is 396 g/mol. The summed E-state index contributed by atoms with van der Waals surface area (Å²) in [6.07, 6.45) is 6.38. The topological polar surface area (TPSA) is 56.9 Å². The van der Waals surface area contributed by atoms with Gasteiger partial charge in [0.15, 0.2) is 5.78 Å². The van der Waals surface area contributed by atoms with Gasteiger partial charge in [-0.1, -0.05) is 13.0 Å². The minimum Gasteiger partial charge on any atom is -0.345 e. The Kier molecular flexibility index (Phi) is 4.83. The summed E-state index contributed by atoms with van der Waals surface area (Å²) < 4.78 is 3.52. The first-order valence-electron chi connectivity index (χ1n) is 9.71. The van der Waals surface area contributed by atoms with Gasteiger partial charge < -0.3 is 4.57 Å². The lowest BCUT2D eigenvalue weighted by atomic mass is 9.89. The van der Waals surface area contributed by atoms with Crippen LogP contribution < -0.4 is 5.56 Å². The van der Waals surface area contributed by atoms with Gasteiger partial charge in [-0.15, -0.1) is 17.9 Å². The molecule has 1 aliphatic rings. The van der Waals surface area contributed by atoms with Crippen LogP contribution in [0, 0.1) is 19.8 Å². The minimum absolute atomic E-state index is 0.0151. The Hall–Kier alpha value is -2.47. The van der Waals surface area contributed by atoms with E-state index in [4.69, 9.17) is 0 Å².